The van der Waals surface area contributed by atoms with Crippen LogP contribution in [0.5, 0.6) is 0 Å². The number of nitrogens with zero attached hydrogens (tertiary/aromatic N) is 1. The molecule has 22 heavy (non-hydrogen) atoms. The highest BCUT2D eigenvalue weighted by molar-refractivity contribution is 6.33. The van der Waals surface area contributed by atoms with E-state index in [1.165, 1.54) is 0 Å². The van der Waals surface area contributed by atoms with Crippen molar-refractivity contribution in [3.63, 3.8) is 0 Å². The van der Waals surface area contributed by atoms with E-state index in [0.717, 1.165) is 5.56 Å². The fourth-order valence-corrected chi connectivity index (χ4v) is 2.24. The van der Waals surface area contributed by atoms with Gasteiger partial charge in [0.2, 0.25) is 0 Å². The van der Waals surface area contributed by atoms with Gasteiger partial charge in [-0.2, -0.15) is 5.10 Å². The highest BCUT2D eigenvalue weighted by Crippen LogP contribution is 2.26. The number of halogens is 1. The van der Waals surface area contributed by atoms with E-state index in [1.54, 1.807) is 12.1 Å². The number of nitrogens with one attached hydrogen (secondary N) is 2. The Morgan fingerprint density at radius 3 is 2.82 bits per heavy atom. The molecule has 1 heterocycles. The van der Waals surface area contributed by atoms with Crippen LogP contribution in [0.1, 0.15) is 30.8 Å². The summed E-state index contributed by atoms with van der Waals surface area (Å²) in [6, 6.07) is 8.99. The van der Waals surface area contributed by atoms with Crippen molar-refractivity contribution >= 4 is 17.5 Å². The van der Waals surface area contributed by atoms with Crippen LogP contribution in [0.15, 0.2) is 30.3 Å². The molecule has 0 aliphatic rings. The van der Waals surface area contributed by atoms with E-state index < -0.39 is 6.10 Å². The topological polar surface area (TPSA) is 78.0 Å². The predicted molar refractivity (Wildman–Crippen MR) is 86.8 cm³/mol. The first-order chi connectivity index (χ1) is 10.5. The number of carbonyl (C=O) groups excluding carboxylic acids is 1. The average molecular weight is 322 g/mol. The van der Waals surface area contributed by atoms with Gasteiger partial charge in [-0.25, -0.2) is 0 Å². The Morgan fingerprint density at radius 1 is 1.41 bits per heavy atom. The summed E-state index contributed by atoms with van der Waals surface area (Å²) in [7, 11) is 0. The van der Waals surface area contributed by atoms with Gasteiger partial charge < -0.3 is 10.4 Å². The number of hydrogen-bond acceptors (Lipinski definition) is 3. The molecule has 1 aromatic carbocycles. The summed E-state index contributed by atoms with van der Waals surface area (Å²) in [4.78, 5) is 12.0. The molecule has 0 spiro atoms. The third kappa shape index (κ3) is 4.08. The Labute approximate surface area is 134 Å². The molecule has 3 N–H and O–H groups in total. The first-order valence-electron chi connectivity index (χ1n) is 7.25. The second-order valence-corrected chi connectivity index (χ2v) is 5.91. The molecule has 0 radical (unpaired) electrons. The standard InChI is InChI=1S/C16H20ClN3O2/c1-10(2)15(21)7-8-18-16(22)14-9-13(19-20-14)11-5-3-4-6-12(11)17/h3-6,9-10,15,21H,7-8H2,1-2H3,(H,18,22)(H,19,20). The summed E-state index contributed by atoms with van der Waals surface area (Å²) in [6.07, 6.45) is 0.107. The van der Waals surface area contributed by atoms with Crippen molar-refractivity contribution in [1.82, 2.24) is 15.5 Å². The third-order valence-corrected chi connectivity index (χ3v) is 3.80. The van der Waals surface area contributed by atoms with Gasteiger partial charge in [0.05, 0.1) is 16.8 Å². The van der Waals surface area contributed by atoms with Gasteiger partial charge in [-0.05, 0) is 24.5 Å². The number of rotatable bonds is 6. The number of carbonyl (C=O) groups is 1. The molecule has 0 bridgehead atoms. The van der Waals surface area contributed by atoms with E-state index in [9.17, 15) is 9.90 Å². The predicted octanol–water partition coefficient (Wildman–Crippen LogP) is 2.87. The second-order valence-electron chi connectivity index (χ2n) is 5.50. The van der Waals surface area contributed by atoms with Gasteiger partial charge in [0, 0.05) is 12.1 Å². The zero-order valence-electron chi connectivity index (χ0n) is 12.6. The SMILES string of the molecule is CC(C)C(O)CCNC(=O)c1cc(-c2ccccc2Cl)n[nH]1. The van der Waals surface area contributed by atoms with Crippen LogP contribution in [-0.4, -0.2) is 33.9 Å². The minimum atomic E-state index is -0.416. The molecule has 1 aromatic heterocycles. The highest BCUT2D eigenvalue weighted by atomic mass is 35.5. The first-order valence-corrected chi connectivity index (χ1v) is 7.63. The monoisotopic (exact) mass is 321 g/mol. The van der Waals surface area contributed by atoms with Gasteiger partial charge in [0.25, 0.3) is 5.91 Å². The molecule has 0 aliphatic heterocycles. The van der Waals surface area contributed by atoms with Crippen LogP contribution in [0.4, 0.5) is 0 Å². The number of aromatic amines is 1. The van der Waals surface area contributed by atoms with Crippen LogP contribution in [-0.2, 0) is 0 Å². The molecule has 0 fully saturated rings. The van der Waals surface area contributed by atoms with E-state index in [1.807, 2.05) is 32.0 Å². The van der Waals surface area contributed by atoms with Crippen molar-refractivity contribution in [2.24, 2.45) is 5.92 Å². The molecule has 0 saturated carbocycles. The van der Waals surface area contributed by atoms with E-state index in [0.29, 0.717) is 29.4 Å². The Hall–Kier alpha value is -1.85. The van der Waals surface area contributed by atoms with Crippen molar-refractivity contribution < 1.29 is 9.90 Å². The van der Waals surface area contributed by atoms with Gasteiger partial charge in [-0.1, -0.05) is 43.6 Å². The van der Waals surface area contributed by atoms with Crippen LogP contribution in [0.25, 0.3) is 11.3 Å². The summed E-state index contributed by atoms with van der Waals surface area (Å²) in [6.45, 7) is 4.30. The molecular weight excluding hydrogens is 302 g/mol. The fourth-order valence-electron chi connectivity index (χ4n) is 2.01. The van der Waals surface area contributed by atoms with Crippen LogP contribution in [0, 0.1) is 5.92 Å². The van der Waals surface area contributed by atoms with E-state index >= 15 is 0 Å². The summed E-state index contributed by atoms with van der Waals surface area (Å²) in [5.41, 5.74) is 1.77. The molecule has 2 aromatic rings. The number of amides is 1. The number of benzene rings is 1. The lowest BCUT2D eigenvalue weighted by Gasteiger charge is -2.14. The third-order valence-electron chi connectivity index (χ3n) is 3.47. The molecule has 1 unspecified atom stereocenters. The van der Waals surface area contributed by atoms with Gasteiger partial charge >= 0.3 is 0 Å². The number of aliphatic hydroxyl groups is 1. The number of aromatic nitrogens is 2. The summed E-state index contributed by atoms with van der Waals surface area (Å²) in [5, 5.41) is 19.9. The first kappa shape index (κ1) is 16.5. The maximum absolute atomic E-state index is 12.0. The van der Waals surface area contributed by atoms with Gasteiger partial charge in [-0.3, -0.25) is 9.89 Å². The molecule has 5 nitrogen and oxygen atoms in total. The average Bonchev–Trinajstić information content (AvgIpc) is 2.97. The lowest BCUT2D eigenvalue weighted by molar-refractivity contribution is 0.0915. The van der Waals surface area contributed by atoms with Crippen LogP contribution in [0.3, 0.4) is 0 Å². The maximum Gasteiger partial charge on any atom is 0.269 e. The molecule has 6 heteroatoms. The van der Waals surface area contributed by atoms with Crippen molar-refractivity contribution in [2.75, 3.05) is 6.54 Å². The molecule has 2 rings (SSSR count). The van der Waals surface area contributed by atoms with E-state index in [4.69, 9.17) is 11.6 Å². The normalized spacial score (nSPS) is 12.4. The Kier molecular flexibility index (Phi) is 5.57. The largest absolute Gasteiger partial charge is 0.393 e. The quantitative estimate of drug-likeness (QED) is 0.765. The van der Waals surface area contributed by atoms with Crippen molar-refractivity contribution in [1.29, 1.82) is 0 Å². The highest BCUT2D eigenvalue weighted by Gasteiger charge is 2.14. The zero-order valence-corrected chi connectivity index (χ0v) is 13.4. The zero-order chi connectivity index (χ0) is 16.1. The Bertz CT molecular complexity index is 640. The molecular formula is C16H20ClN3O2. The molecule has 0 aliphatic carbocycles. The maximum atomic E-state index is 12.0. The fraction of sp³-hybridized carbons (Fsp3) is 0.375. The minimum Gasteiger partial charge on any atom is -0.393 e. The lowest BCUT2D eigenvalue weighted by atomic mass is 10.0. The van der Waals surface area contributed by atoms with Gasteiger partial charge in [0.15, 0.2) is 0 Å². The lowest BCUT2D eigenvalue weighted by Crippen LogP contribution is -2.28. The summed E-state index contributed by atoms with van der Waals surface area (Å²) in [5.74, 6) is -0.0716. The number of H-pyrrole nitrogens is 1. The van der Waals surface area contributed by atoms with Crippen molar-refractivity contribution in [3.8, 4) is 11.3 Å². The second kappa shape index (κ2) is 7.42. The molecule has 0 saturated heterocycles. The van der Waals surface area contributed by atoms with E-state index in [2.05, 4.69) is 15.5 Å². The van der Waals surface area contributed by atoms with Crippen LogP contribution < -0.4 is 5.32 Å². The van der Waals surface area contributed by atoms with E-state index in [-0.39, 0.29) is 11.8 Å². The van der Waals surface area contributed by atoms with Crippen LogP contribution >= 0.6 is 11.6 Å². The summed E-state index contributed by atoms with van der Waals surface area (Å²) >= 11 is 6.11. The van der Waals surface area contributed by atoms with Gasteiger partial charge in [-0.15, -0.1) is 0 Å². The molecule has 1 atom stereocenters. The smallest absolute Gasteiger partial charge is 0.269 e. The molecule has 118 valence electrons. The summed E-state index contributed by atoms with van der Waals surface area (Å²) < 4.78 is 0. The van der Waals surface area contributed by atoms with Crippen molar-refractivity contribution in [3.05, 3.63) is 41.0 Å². The number of hydrogen-bond donors (Lipinski definition) is 3. The Balaban J connectivity index is 1.97. The Morgan fingerprint density at radius 2 is 2.14 bits per heavy atom. The minimum absolute atomic E-state index is 0.177. The molecule has 1 amide bonds. The van der Waals surface area contributed by atoms with Crippen molar-refractivity contribution in [2.45, 2.75) is 26.4 Å². The van der Waals surface area contributed by atoms with Gasteiger partial charge in [0.1, 0.15) is 5.69 Å². The number of aliphatic hydroxyl groups excluding tert-OH is 1. The van der Waals surface area contributed by atoms with Crippen LogP contribution in [0.2, 0.25) is 5.02 Å².